The molecule has 1 saturated carbocycles. The highest BCUT2D eigenvalue weighted by molar-refractivity contribution is 6.53. The third-order valence-corrected chi connectivity index (χ3v) is 11.0. The smallest absolute Gasteiger partial charge is 0.433 e. The molecule has 1 aromatic carbocycles. The van der Waals surface area contributed by atoms with Crippen LogP contribution in [0, 0.1) is 17.8 Å². The minimum absolute atomic E-state index is 0.0450. The third-order valence-electron chi connectivity index (χ3n) is 9.29. The number of ether oxygens (including phenoxy) is 1. The number of hydrogen-bond donors (Lipinski definition) is 1. The van der Waals surface area contributed by atoms with Gasteiger partial charge in [-0.15, -0.1) is 23.2 Å². The second-order valence-corrected chi connectivity index (χ2v) is 13.3. The molecule has 16 heteroatoms. The van der Waals surface area contributed by atoms with E-state index in [4.69, 9.17) is 44.6 Å². The van der Waals surface area contributed by atoms with Crippen LogP contribution in [0.2, 0.25) is 5.02 Å². The Hall–Kier alpha value is -3.39. The minimum atomic E-state index is -4.81. The van der Waals surface area contributed by atoms with Crippen molar-refractivity contribution in [2.24, 2.45) is 17.8 Å². The standard InChI is InChI=1S/C30H26Cl3F3N4O6/c1-38-26(44)28(32)13-18-16(22(29(28,33)27(38)45)14-3-5-15(6-4-14)46-12-11-41)7-8-17-21(18)25(43)40(24(17)42)39(2)23-19(31)9-10-20(37-23)30(34,35)36/h3-7,9-10,17-18,21-22,41H,8,11-13H2,1-2H3. The predicted octanol–water partition coefficient (Wildman–Crippen LogP) is 4.16. The van der Waals surface area contributed by atoms with E-state index < -0.39 is 74.7 Å². The molecule has 1 N–H and O–H groups in total. The molecule has 6 atom stereocenters. The highest BCUT2D eigenvalue weighted by Crippen LogP contribution is 2.65. The molecule has 4 aliphatic rings. The van der Waals surface area contributed by atoms with Gasteiger partial charge in [0.2, 0.25) is 0 Å². The average Bonchev–Trinajstić information content (AvgIpc) is 3.34. The van der Waals surface area contributed by atoms with E-state index in [1.165, 1.54) is 14.1 Å². The van der Waals surface area contributed by atoms with Crippen LogP contribution in [0.4, 0.5) is 19.0 Å². The number of alkyl halides is 5. The van der Waals surface area contributed by atoms with E-state index in [0.717, 1.165) is 21.0 Å². The summed E-state index contributed by atoms with van der Waals surface area (Å²) in [4.78, 5) is 55.7. The highest BCUT2D eigenvalue weighted by Gasteiger charge is 2.76. The van der Waals surface area contributed by atoms with Gasteiger partial charge in [-0.3, -0.25) is 29.1 Å². The van der Waals surface area contributed by atoms with Crippen molar-refractivity contribution in [3.63, 3.8) is 0 Å². The van der Waals surface area contributed by atoms with Gasteiger partial charge in [-0.05, 0) is 48.6 Å². The van der Waals surface area contributed by atoms with Crippen molar-refractivity contribution in [1.29, 1.82) is 0 Å². The molecule has 1 aromatic heterocycles. The van der Waals surface area contributed by atoms with Crippen molar-refractivity contribution in [2.75, 3.05) is 32.3 Å². The van der Waals surface area contributed by atoms with Gasteiger partial charge in [0.05, 0.1) is 23.5 Å². The molecule has 2 aliphatic heterocycles. The number of aliphatic hydroxyl groups excluding tert-OH is 1. The van der Waals surface area contributed by atoms with Gasteiger partial charge >= 0.3 is 6.18 Å². The second-order valence-electron chi connectivity index (χ2n) is 11.7. The zero-order chi connectivity index (χ0) is 33.5. The summed E-state index contributed by atoms with van der Waals surface area (Å²) in [6.07, 6.45) is -3.29. The van der Waals surface area contributed by atoms with Crippen molar-refractivity contribution in [3.8, 4) is 5.75 Å². The fourth-order valence-corrected chi connectivity index (χ4v) is 8.48. The molecule has 4 amide bonds. The molecule has 0 spiro atoms. The summed E-state index contributed by atoms with van der Waals surface area (Å²) in [5.74, 6) is -6.83. The Balaban J connectivity index is 1.42. The van der Waals surface area contributed by atoms with E-state index in [9.17, 15) is 32.3 Å². The molecule has 3 fully saturated rings. The first-order valence-corrected chi connectivity index (χ1v) is 15.3. The number of aromatic nitrogens is 1. The number of nitrogens with zero attached hydrogens (tertiary/aromatic N) is 4. The van der Waals surface area contributed by atoms with Gasteiger partial charge < -0.3 is 9.84 Å². The lowest BCUT2D eigenvalue weighted by Gasteiger charge is -2.50. The number of rotatable bonds is 6. The van der Waals surface area contributed by atoms with Crippen molar-refractivity contribution < 1.29 is 42.2 Å². The highest BCUT2D eigenvalue weighted by atomic mass is 35.5. The van der Waals surface area contributed by atoms with E-state index in [1.807, 2.05) is 0 Å². The SMILES string of the molecule is CN1C(=O)C2(Cl)CC3C(=CCC4C(=O)N(N(C)c5nc(C(F)(F)F)ccc5Cl)C(=O)C43)C(c3ccc(OCCO)cc3)C2(Cl)C1=O. The van der Waals surface area contributed by atoms with Crippen LogP contribution in [-0.2, 0) is 25.4 Å². The van der Waals surface area contributed by atoms with Crippen LogP contribution in [0.1, 0.15) is 30.0 Å². The molecule has 2 aromatic rings. The molecule has 6 unspecified atom stereocenters. The molecule has 244 valence electrons. The van der Waals surface area contributed by atoms with Crippen LogP contribution in [0.5, 0.6) is 5.75 Å². The third kappa shape index (κ3) is 4.53. The number of carbonyl (C=O) groups is 4. The van der Waals surface area contributed by atoms with Crippen molar-refractivity contribution in [2.45, 2.75) is 34.7 Å². The quantitative estimate of drug-likeness (QED) is 0.271. The number of halogens is 6. The fourth-order valence-electron chi connectivity index (χ4n) is 7.23. The second kappa shape index (κ2) is 11.1. The molecule has 6 rings (SSSR count). The number of hydrogen-bond acceptors (Lipinski definition) is 8. The molecule has 2 saturated heterocycles. The number of pyridine rings is 1. The van der Waals surface area contributed by atoms with Crippen molar-refractivity contribution in [1.82, 2.24) is 14.9 Å². The van der Waals surface area contributed by atoms with E-state index in [2.05, 4.69) is 4.98 Å². The summed E-state index contributed by atoms with van der Waals surface area (Å²) in [7, 11) is 2.48. The number of aliphatic hydroxyl groups is 1. The van der Waals surface area contributed by atoms with E-state index >= 15 is 0 Å². The van der Waals surface area contributed by atoms with Gasteiger partial charge in [-0.25, -0.2) is 4.98 Å². The number of carbonyl (C=O) groups excluding carboxylic acids is 4. The monoisotopic (exact) mass is 700 g/mol. The Kier molecular flexibility index (Phi) is 7.86. The van der Waals surface area contributed by atoms with E-state index in [-0.39, 0.29) is 31.1 Å². The average molecular weight is 702 g/mol. The van der Waals surface area contributed by atoms with Gasteiger partial charge in [0.15, 0.2) is 15.6 Å². The summed E-state index contributed by atoms with van der Waals surface area (Å²) in [5, 5.41) is 10.5. The molecule has 0 bridgehead atoms. The first-order valence-electron chi connectivity index (χ1n) is 14.2. The Morgan fingerprint density at radius 3 is 2.35 bits per heavy atom. The molecular weight excluding hydrogens is 676 g/mol. The zero-order valence-electron chi connectivity index (χ0n) is 24.2. The molecule has 46 heavy (non-hydrogen) atoms. The first-order chi connectivity index (χ1) is 21.6. The molecule has 10 nitrogen and oxygen atoms in total. The van der Waals surface area contributed by atoms with Gasteiger partial charge in [-0.1, -0.05) is 35.4 Å². The Labute approximate surface area is 275 Å². The lowest BCUT2D eigenvalue weighted by molar-refractivity contribution is -0.141. The summed E-state index contributed by atoms with van der Waals surface area (Å²) < 4.78 is 45.8. The Bertz CT molecular complexity index is 1690. The van der Waals surface area contributed by atoms with Crippen LogP contribution in [0.15, 0.2) is 48.0 Å². The minimum Gasteiger partial charge on any atom is -0.491 e. The summed E-state index contributed by atoms with van der Waals surface area (Å²) in [6, 6.07) is 8.17. The van der Waals surface area contributed by atoms with Crippen LogP contribution < -0.4 is 9.75 Å². The van der Waals surface area contributed by atoms with Gasteiger partial charge in [0, 0.05) is 20.0 Å². The normalized spacial score (nSPS) is 30.7. The number of anilines is 1. The van der Waals surface area contributed by atoms with Crippen LogP contribution in [0.25, 0.3) is 0 Å². The number of likely N-dealkylation sites (tertiary alicyclic amines) is 1. The summed E-state index contributed by atoms with van der Waals surface area (Å²) >= 11 is 20.5. The first kappa shape index (κ1) is 32.5. The largest absolute Gasteiger partial charge is 0.491 e. The molecule has 3 heterocycles. The fraction of sp³-hybridized carbons (Fsp3) is 0.433. The van der Waals surface area contributed by atoms with Crippen LogP contribution in [-0.4, -0.2) is 80.7 Å². The summed E-state index contributed by atoms with van der Waals surface area (Å²) in [6.45, 7) is -0.164. The lowest BCUT2D eigenvalue weighted by atomic mass is 9.56. The van der Waals surface area contributed by atoms with Crippen LogP contribution in [0.3, 0.4) is 0 Å². The van der Waals surface area contributed by atoms with Gasteiger partial charge in [0.25, 0.3) is 23.6 Å². The van der Waals surface area contributed by atoms with E-state index in [0.29, 0.717) is 23.0 Å². The Morgan fingerprint density at radius 1 is 1.04 bits per heavy atom. The molecule has 2 aliphatic carbocycles. The van der Waals surface area contributed by atoms with E-state index in [1.54, 1.807) is 30.3 Å². The maximum atomic E-state index is 14.2. The van der Waals surface area contributed by atoms with Crippen LogP contribution >= 0.6 is 34.8 Å². The number of imide groups is 2. The van der Waals surface area contributed by atoms with Crippen molar-refractivity contribution in [3.05, 3.63) is 64.3 Å². The lowest BCUT2D eigenvalue weighted by Crippen LogP contribution is -2.60. The Morgan fingerprint density at radius 2 is 1.72 bits per heavy atom. The molecule has 0 radical (unpaired) electrons. The zero-order valence-corrected chi connectivity index (χ0v) is 26.5. The number of allylic oxidation sites excluding steroid dienone is 2. The number of amides is 4. The number of benzene rings is 1. The predicted molar refractivity (Wildman–Crippen MR) is 159 cm³/mol. The topological polar surface area (TPSA) is 120 Å². The maximum absolute atomic E-state index is 14.2. The summed E-state index contributed by atoms with van der Waals surface area (Å²) in [5.41, 5.74) is -0.236. The van der Waals surface area contributed by atoms with Gasteiger partial charge in [0.1, 0.15) is 18.1 Å². The van der Waals surface area contributed by atoms with Gasteiger partial charge in [-0.2, -0.15) is 18.2 Å². The number of hydrazine groups is 1. The maximum Gasteiger partial charge on any atom is 0.433 e. The van der Waals surface area contributed by atoms with Crippen molar-refractivity contribution >= 4 is 64.2 Å². The number of fused-ring (bicyclic) bond motifs is 4. The molecular formula is C30H26Cl3F3N4O6.